The Bertz CT molecular complexity index is 755. The lowest BCUT2D eigenvalue weighted by Gasteiger charge is -2.36. The first-order valence-electron chi connectivity index (χ1n) is 8.38. The number of piperidine rings is 1. The average molecular weight is 392 g/mol. The van der Waals surface area contributed by atoms with Crippen molar-refractivity contribution in [2.45, 2.75) is 44.3 Å². The van der Waals surface area contributed by atoms with E-state index >= 15 is 0 Å². The molecule has 1 saturated heterocycles. The molecule has 0 saturated carbocycles. The molecule has 3 unspecified atom stereocenters. The molecule has 0 bridgehead atoms. The van der Waals surface area contributed by atoms with Crippen LogP contribution < -0.4 is 4.72 Å². The summed E-state index contributed by atoms with van der Waals surface area (Å²) in [6.45, 7) is 6.52. The fraction of sp³-hybridized carbons (Fsp3) is 0.588. The van der Waals surface area contributed by atoms with Crippen molar-refractivity contribution in [3.05, 3.63) is 29.8 Å². The fourth-order valence-corrected chi connectivity index (χ4v) is 4.55. The lowest BCUT2D eigenvalue weighted by atomic mass is 9.91. The number of hydrogen-bond donors (Lipinski definition) is 1. The van der Waals surface area contributed by atoms with Crippen molar-refractivity contribution in [2.24, 2.45) is 11.8 Å². The van der Waals surface area contributed by atoms with Gasteiger partial charge in [-0.1, -0.05) is 19.9 Å². The minimum absolute atomic E-state index is 0.315. The molecule has 0 spiro atoms. The number of likely N-dealkylation sites (tertiary alicyclic amines) is 1. The summed E-state index contributed by atoms with van der Waals surface area (Å²) in [7, 11) is -4.25. The predicted octanol–water partition coefficient (Wildman–Crippen LogP) is 2.88. The number of alkyl halides is 3. The Kier molecular flexibility index (Phi) is 6.02. The number of nitrogens with one attached hydrogen (secondary N) is 1. The highest BCUT2D eigenvalue weighted by molar-refractivity contribution is 7.89. The van der Waals surface area contributed by atoms with E-state index in [-0.39, 0.29) is 5.91 Å². The minimum Gasteiger partial charge on any atom is -0.341 e. The van der Waals surface area contributed by atoms with Crippen molar-refractivity contribution in [1.82, 2.24) is 9.62 Å². The molecule has 1 aromatic rings. The largest absolute Gasteiger partial charge is 0.416 e. The first kappa shape index (κ1) is 20.7. The minimum atomic E-state index is -4.65. The first-order valence-corrected chi connectivity index (χ1v) is 9.87. The third-order valence-electron chi connectivity index (χ3n) is 4.35. The van der Waals surface area contributed by atoms with E-state index in [0.717, 1.165) is 24.6 Å². The highest BCUT2D eigenvalue weighted by Gasteiger charge is 2.33. The van der Waals surface area contributed by atoms with E-state index in [4.69, 9.17) is 0 Å². The van der Waals surface area contributed by atoms with E-state index in [1.54, 1.807) is 4.90 Å². The molecule has 0 aromatic heterocycles. The molecule has 1 amide bonds. The Hall–Kier alpha value is -1.61. The Morgan fingerprint density at radius 3 is 2.35 bits per heavy atom. The molecule has 0 aliphatic carbocycles. The van der Waals surface area contributed by atoms with Crippen molar-refractivity contribution in [1.29, 1.82) is 0 Å². The van der Waals surface area contributed by atoms with Gasteiger partial charge in [0.15, 0.2) is 0 Å². The monoisotopic (exact) mass is 392 g/mol. The number of halogens is 3. The third-order valence-corrected chi connectivity index (χ3v) is 5.89. The second kappa shape index (κ2) is 7.56. The molecule has 1 heterocycles. The summed E-state index contributed by atoms with van der Waals surface area (Å²) >= 11 is 0. The van der Waals surface area contributed by atoms with Crippen molar-refractivity contribution >= 4 is 15.9 Å². The van der Waals surface area contributed by atoms with Gasteiger partial charge in [-0.05, 0) is 43.4 Å². The molecule has 9 heteroatoms. The SMILES string of the molecule is CC1CC(C)CN(C(=O)C(C)NS(=O)(=O)c2cccc(C(F)(F)F)c2)C1. The van der Waals surface area contributed by atoms with Gasteiger partial charge in [0.1, 0.15) is 0 Å². The molecular weight excluding hydrogens is 369 g/mol. The zero-order valence-corrected chi connectivity index (χ0v) is 15.7. The number of amides is 1. The molecule has 0 radical (unpaired) electrons. The van der Waals surface area contributed by atoms with Gasteiger partial charge in [0.25, 0.3) is 0 Å². The van der Waals surface area contributed by atoms with Gasteiger partial charge in [-0.2, -0.15) is 17.9 Å². The van der Waals surface area contributed by atoms with Gasteiger partial charge in [0, 0.05) is 13.1 Å². The van der Waals surface area contributed by atoms with Crippen LogP contribution in [-0.4, -0.2) is 38.4 Å². The van der Waals surface area contributed by atoms with Gasteiger partial charge in [-0.15, -0.1) is 0 Å². The summed E-state index contributed by atoms with van der Waals surface area (Å²) in [5, 5.41) is 0. The number of rotatable bonds is 4. The lowest BCUT2D eigenvalue weighted by Crippen LogP contribution is -2.51. The van der Waals surface area contributed by atoms with E-state index in [2.05, 4.69) is 4.72 Å². The molecule has 1 fully saturated rings. The molecule has 1 aromatic carbocycles. The molecule has 3 atom stereocenters. The maximum atomic E-state index is 12.8. The quantitative estimate of drug-likeness (QED) is 0.857. The predicted molar refractivity (Wildman–Crippen MR) is 90.8 cm³/mol. The van der Waals surface area contributed by atoms with Crippen LogP contribution in [0.5, 0.6) is 0 Å². The lowest BCUT2D eigenvalue weighted by molar-refractivity contribution is -0.138. The van der Waals surface area contributed by atoms with Gasteiger partial charge in [-0.3, -0.25) is 4.79 Å². The third kappa shape index (κ3) is 4.97. The summed E-state index contributed by atoms with van der Waals surface area (Å²) in [6.07, 6.45) is -3.65. The maximum absolute atomic E-state index is 12.8. The molecule has 1 N–H and O–H groups in total. The summed E-state index contributed by atoms with van der Waals surface area (Å²) in [5.41, 5.74) is -1.06. The molecule has 1 aliphatic rings. The van der Waals surface area contributed by atoms with E-state index in [9.17, 15) is 26.4 Å². The molecule has 26 heavy (non-hydrogen) atoms. The van der Waals surface area contributed by atoms with Crippen LogP contribution in [0.3, 0.4) is 0 Å². The number of carbonyl (C=O) groups excluding carboxylic acids is 1. The van der Waals surface area contributed by atoms with Crippen molar-refractivity contribution in [2.75, 3.05) is 13.1 Å². The molecule has 2 rings (SSSR count). The number of sulfonamides is 1. The Balaban J connectivity index is 2.14. The van der Waals surface area contributed by atoms with Gasteiger partial charge < -0.3 is 4.90 Å². The van der Waals surface area contributed by atoms with Crippen LogP contribution in [-0.2, 0) is 21.0 Å². The van der Waals surface area contributed by atoms with Gasteiger partial charge in [0.05, 0.1) is 16.5 Å². The van der Waals surface area contributed by atoms with Crippen LogP contribution in [0.4, 0.5) is 13.2 Å². The Labute approximate surface area is 151 Å². The van der Waals surface area contributed by atoms with Gasteiger partial charge >= 0.3 is 6.18 Å². The molecule has 1 aliphatic heterocycles. The van der Waals surface area contributed by atoms with Crippen LogP contribution in [0.2, 0.25) is 0 Å². The highest BCUT2D eigenvalue weighted by Crippen LogP contribution is 2.30. The Morgan fingerprint density at radius 1 is 1.23 bits per heavy atom. The standard InChI is InChI=1S/C17H23F3N2O3S/c1-11-7-12(2)10-22(9-11)16(23)13(3)21-26(24,25)15-6-4-5-14(8-15)17(18,19)20/h4-6,8,11-13,21H,7,9-10H2,1-3H3. The molecule has 5 nitrogen and oxygen atoms in total. The van der Waals surface area contributed by atoms with Crippen LogP contribution in [0.25, 0.3) is 0 Å². The van der Waals surface area contributed by atoms with Crippen molar-refractivity contribution in [3.8, 4) is 0 Å². The maximum Gasteiger partial charge on any atom is 0.416 e. The summed E-state index contributed by atoms with van der Waals surface area (Å²) in [6, 6.07) is 2.39. The van der Waals surface area contributed by atoms with Crippen LogP contribution >= 0.6 is 0 Å². The molecule has 146 valence electrons. The zero-order chi connectivity index (χ0) is 19.7. The number of benzene rings is 1. The van der Waals surface area contributed by atoms with Crippen LogP contribution in [0.15, 0.2) is 29.2 Å². The van der Waals surface area contributed by atoms with E-state index in [1.807, 2.05) is 13.8 Å². The smallest absolute Gasteiger partial charge is 0.341 e. The van der Waals surface area contributed by atoms with E-state index < -0.39 is 32.7 Å². The van der Waals surface area contributed by atoms with E-state index in [0.29, 0.717) is 31.0 Å². The average Bonchev–Trinajstić information content (AvgIpc) is 2.52. The van der Waals surface area contributed by atoms with Crippen molar-refractivity contribution in [3.63, 3.8) is 0 Å². The van der Waals surface area contributed by atoms with Gasteiger partial charge in [0.2, 0.25) is 15.9 Å². The normalized spacial score (nSPS) is 22.9. The molecular formula is C17H23F3N2O3S. The Morgan fingerprint density at radius 2 is 1.81 bits per heavy atom. The summed E-state index contributed by atoms with van der Waals surface area (Å²) in [4.78, 5) is 13.6. The highest BCUT2D eigenvalue weighted by atomic mass is 32.2. The van der Waals surface area contributed by atoms with Crippen LogP contribution in [0.1, 0.15) is 32.8 Å². The number of nitrogens with zero attached hydrogens (tertiary/aromatic N) is 1. The second-order valence-corrected chi connectivity index (χ2v) is 8.77. The van der Waals surface area contributed by atoms with E-state index in [1.165, 1.54) is 6.92 Å². The number of carbonyl (C=O) groups is 1. The first-order chi connectivity index (χ1) is 11.9. The zero-order valence-electron chi connectivity index (χ0n) is 14.9. The summed E-state index contributed by atoms with van der Waals surface area (Å²) < 4.78 is 65.3. The second-order valence-electron chi connectivity index (χ2n) is 7.06. The fourth-order valence-electron chi connectivity index (χ4n) is 3.31. The number of hydrogen-bond acceptors (Lipinski definition) is 3. The van der Waals surface area contributed by atoms with Crippen LogP contribution in [0, 0.1) is 11.8 Å². The summed E-state index contributed by atoms with van der Waals surface area (Å²) in [5.74, 6) is 0.254. The van der Waals surface area contributed by atoms with Crippen molar-refractivity contribution < 1.29 is 26.4 Å². The topological polar surface area (TPSA) is 66.5 Å². The van der Waals surface area contributed by atoms with Gasteiger partial charge in [-0.25, -0.2) is 8.42 Å².